The second-order valence-corrected chi connectivity index (χ2v) is 16.4. The van der Waals surface area contributed by atoms with Crippen LogP contribution in [-0.2, 0) is 0 Å². The van der Waals surface area contributed by atoms with Gasteiger partial charge in [0.2, 0.25) is 0 Å². The third-order valence-corrected chi connectivity index (χ3v) is 12.9. The van der Waals surface area contributed by atoms with Gasteiger partial charge in [0.25, 0.3) is 0 Å². The summed E-state index contributed by atoms with van der Waals surface area (Å²) in [6, 6.07) is 77.0. The first kappa shape index (κ1) is 34.8. The Kier molecular flexibility index (Phi) is 7.74. The number of amidine groups is 1. The molecule has 0 radical (unpaired) electrons. The minimum absolute atomic E-state index is 0.204. The smallest absolute Gasteiger partial charge is 0.131 e. The summed E-state index contributed by atoms with van der Waals surface area (Å²) in [4.78, 5) is 5.40. The van der Waals surface area contributed by atoms with Gasteiger partial charge in [0, 0.05) is 38.5 Å². The fourth-order valence-corrected chi connectivity index (χ4v) is 10.1. The number of hydrogen-bond donors (Lipinski definition) is 2. The van der Waals surface area contributed by atoms with E-state index in [0.717, 1.165) is 33.9 Å². The van der Waals surface area contributed by atoms with Crippen molar-refractivity contribution in [3.63, 3.8) is 0 Å². The molecule has 2 aromatic heterocycles. The third kappa shape index (κ3) is 5.42. The van der Waals surface area contributed by atoms with Gasteiger partial charge in [-0.3, -0.25) is 5.32 Å². The van der Waals surface area contributed by atoms with E-state index in [2.05, 4.69) is 232 Å². The normalized spacial score (nSPS) is 15.6. The van der Waals surface area contributed by atoms with Crippen molar-refractivity contribution >= 4 is 81.8 Å². The molecule has 0 amide bonds. The van der Waals surface area contributed by atoms with E-state index in [1.165, 1.54) is 76.0 Å². The van der Waals surface area contributed by atoms with Crippen molar-refractivity contribution in [1.29, 1.82) is 0 Å². The topological polar surface area (TPSA) is 46.3 Å². The van der Waals surface area contributed by atoms with Gasteiger partial charge >= 0.3 is 0 Å². The summed E-state index contributed by atoms with van der Waals surface area (Å²) in [6.45, 7) is 0. The highest BCUT2D eigenvalue weighted by molar-refractivity contribution is 6.15. The van der Waals surface area contributed by atoms with Gasteiger partial charge < -0.3 is 14.5 Å². The number of aromatic nitrogens is 2. The number of aliphatic imine (C=N–C) groups is 1. The SMILES string of the molecule is c1ccc(C2=NC(c3cccc(-n4c5ccc(-n6c7ccccc7c7ccccc76)cc5c5cc6ccccc6cc54)c3)NC(c3cc4ccccc4c4ccccc34)N2)cc1. The van der Waals surface area contributed by atoms with E-state index in [9.17, 15) is 0 Å². The van der Waals surface area contributed by atoms with Gasteiger partial charge in [-0.1, -0.05) is 152 Å². The Labute approximate surface area is 357 Å². The maximum absolute atomic E-state index is 5.40. The Morgan fingerprint density at radius 3 is 1.73 bits per heavy atom. The molecule has 0 saturated carbocycles. The van der Waals surface area contributed by atoms with Crippen LogP contribution < -0.4 is 10.6 Å². The molecule has 0 fully saturated rings. The molecule has 3 heterocycles. The van der Waals surface area contributed by atoms with Crippen molar-refractivity contribution in [3.8, 4) is 11.4 Å². The summed E-state index contributed by atoms with van der Waals surface area (Å²) < 4.78 is 4.85. The van der Waals surface area contributed by atoms with E-state index in [4.69, 9.17) is 4.99 Å². The van der Waals surface area contributed by atoms with Gasteiger partial charge in [0.15, 0.2) is 0 Å². The molecule has 0 bridgehead atoms. The van der Waals surface area contributed by atoms with E-state index in [1.54, 1.807) is 0 Å². The first-order valence-electron chi connectivity index (χ1n) is 21.4. The Morgan fingerprint density at radius 1 is 0.371 bits per heavy atom. The zero-order chi connectivity index (χ0) is 40.7. The highest BCUT2D eigenvalue weighted by atomic mass is 15.3. The van der Waals surface area contributed by atoms with Crippen LogP contribution in [0.2, 0.25) is 0 Å². The van der Waals surface area contributed by atoms with Crippen molar-refractivity contribution in [3.05, 3.63) is 229 Å². The molecule has 292 valence electrons. The molecule has 12 aromatic rings. The molecule has 1 aliphatic heterocycles. The lowest BCUT2D eigenvalue weighted by molar-refractivity contribution is 0.411. The summed E-state index contributed by atoms with van der Waals surface area (Å²) in [5, 5.41) is 20.1. The molecular formula is C57H39N5. The lowest BCUT2D eigenvalue weighted by Crippen LogP contribution is -2.45. The number of rotatable bonds is 5. The van der Waals surface area contributed by atoms with Gasteiger partial charge in [0.1, 0.15) is 18.2 Å². The Balaban J connectivity index is 0.991. The summed E-state index contributed by atoms with van der Waals surface area (Å²) in [6.07, 6.45) is -0.526. The van der Waals surface area contributed by atoms with E-state index in [0.29, 0.717) is 0 Å². The van der Waals surface area contributed by atoms with Gasteiger partial charge in [-0.05, 0) is 104 Å². The lowest BCUT2D eigenvalue weighted by Gasteiger charge is -2.33. The zero-order valence-corrected chi connectivity index (χ0v) is 33.7. The van der Waals surface area contributed by atoms with Crippen molar-refractivity contribution in [2.24, 2.45) is 4.99 Å². The number of hydrogen-bond acceptors (Lipinski definition) is 3. The highest BCUT2D eigenvalue weighted by Crippen LogP contribution is 2.40. The number of benzene rings is 10. The maximum atomic E-state index is 5.40. The molecule has 2 atom stereocenters. The lowest BCUT2D eigenvalue weighted by atomic mass is 9.95. The first-order chi connectivity index (χ1) is 30.7. The number of para-hydroxylation sites is 2. The summed E-state index contributed by atoms with van der Waals surface area (Å²) >= 11 is 0. The van der Waals surface area contributed by atoms with Crippen LogP contribution in [0.5, 0.6) is 0 Å². The molecule has 0 saturated heterocycles. The molecule has 5 heteroatoms. The molecule has 1 aliphatic rings. The van der Waals surface area contributed by atoms with E-state index >= 15 is 0 Å². The minimum atomic E-state index is -0.322. The largest absolute Gasteiger partial charge is 0.350 e. The van der Waals surface area contributed by atoms with Crippen LogP contribution in [0.1, 0.15) is 29.0 Å². The Morgan fingerprint density at radius 2 is 0.952 bits per heavy atom. The molecular weight excluding hydrogens is 755 g/mol. The average molecular weight is 794 g/mol. The molecule has 62 heavy (non-hydrogen) atoms. The molecule has 2 unspecified atom stereocenters. The molecule has 2 N–H and O–H groups in total. The van der Waals surface area contributed by atoms with Gasteiger partial charge in [-0.25, -0.2) is 4.99 Å². The molecule has 10 aromatic carbocycles. The fraction of sp³-hybridized carbons (Fsp3) is 0.0351. The van der Waals surface area contributed by atoms with Crippen LogP contribution >= 0.6 is 0 Å². The van der Waals surface area contributed by atoms with Crippen LogP contribution in [0.25, 0.3) is 87.3 Å². The van der Waals surface area contributed by atoms with Crippen molar-refractivity contribution in [2.75, 3.05) is 0 Å². The molecule has 13 rings (SSSR count). The van der Waals surface area contributed by atoms with Crippen molar-refractivity contribution in [2.45, 2.75) is 12.3 Å². The van der Waals surface area contributed by atoms with Crippen molar-refractivity contribution < 1.29 is 0 Å². The van der Waals surface area contributed by atoms with E-state index < -0.39 is 0 Å². The zero-order valence-electron chi connectivity index (χ0n) is 33.7. The van der Waals surface area contributed by atoms with Crippen LogP contribution in [0.15, 0.2) is 217 Å². The summed E-state index contributed by atoms with van der Waals surface area (Å²) in [7, 11) is 0. The van der Waals surface area contributed by atoms with Crippen molar-refractivity contribution in [1.82, 2.24) is 19.8 Å². The van der Waals surface area contributed by atoms with Gasteiger partial charge in [-0.2, -0.15) is 0 Å². The Bertz CT molecular complexity index is 3730. The molecule has 0 aliphatic carbocycles. The molecule has 0 spiro atoms. The van der Waals surface area contributed by atoms with Crippen LogP contribution in [-0.4, -0.2) is 15.0 Å². The minimum Gasteiger partial charge on any atom is -0.350 e. The van der Waals surface area contributed by atoms with Gasteiger partial charge in [-0.15, -0.1) is 0 Å². The summed E-state index contributed by atoms with van der Waals surface area (Å²) in [5.41, 5.74) is 10.3. The van der Waals surface area contributed by atoms with Gasteiger partial charge in [0.05, 0.1) is 22.1 Å². The monoisotopic (exact) mass is 793 g/mol. The summed E-state index contributed by atoms with van der Waals surface area (Å²) in [5.74, 6) is 0.864. The number of fused-ring (bicyclic) bond motifs is 10. The molecule has 5 nitrogen and oxygen atoms in total. The van der Waals surface area contributed by atoms with E-state index in [1.807, 2.05) is 0 Å². The second-order valence-electron chi connectivity index (χ2n) is 16.4. The average Bonchev–Trinajstić information content (AvgIpc) is 3.85. The third-order valence-electron chi connectivity index (χ3n) is 12.9. The highest BCUT2D eigenvalue weighted by Gasteiger charge is 2.28. The fourth-order valence-electron chi connectivity index (χ4n) is 10.1. The predicted octanol–water partition coefficient (Wildman–Crippen LogP) is 13.7. The van der Waals surface area contributed by atoms with E-state index in [-0.39, 0.29) is 12.3 Å². The number of nitrogens with one attached hydrogen (secondary N) is 2. The number of nitrogens with zero attached hydrogens (tertiary/aromatic N) is 3. The standard InChI is InChI=1S/C57H39N5/c1-2-15-36(16-3-1)55-58-56(60-57(59-55)50-33-39-19-6-7-22-43(39)44-23-8-9-24-45(44)50)40-20-14-21-41(31-40)62-53-30-29-42(35-49(53)48-32-37-17-4-5-18-38(37)34-54(48)62)61-51-27-12-10-25-46(51)47-26-11-13-28-52(47)61/h1-35,56-57,60H,(H,58,59). The quantitative estimate of drug-likeness (QED) is 0.171. The van der Waals surface area contributed by atoms with Crippen LogP contribution in [0.3, 0.4) is 0 Å². The second kappa shape index (κ2) is 13.8. The Hall–Kier alpha value is -7.99. The van der Waals surface area contributed by atoms with Crippen LogP contribution in [0.4, 0.5) is 0 Å². The van der Waals surface area contributed by atoms with Crippen LogP contribution in [0, 0.1) is 0 Å². The predicted molar refractivity (Wildman–Crippen MR) is 259 cm³/mol. The maximum Gasteiger partial charge on any atom is 0.131 e. The first-order valence-corrected chi connectivity index (χ1v) is 21.4.